The highest BCUT2D eigenvalue weighted by Gasteiger charge is 2.48. The van der Waals surface area contributed by atoms with Crippen molar-refractivity contribution in [1.82, 2.24) is 4.98 Å². The Labute approximate surface area is 156 Å². The van der Waals surface area contributed by atoms with Gasteiger partial charge >= 0.3 is 12.0 Å². The molecule has 0 atom stereocenters. The Morgan fingerprint density at radius 2 is 1.74 bits per heavy atom. The van der Waals surface area contributed by atoms with Crippen LogP contribution in [0.1, 0.15) is 24.5 Å². The second-order valence-electron chi connectivity index (χ2n) is 6.99. The van der Waals surface area contributed by atoms with Crippen LogP contribution in [0.25, 0.3) is 11.1 Å². The van der Waals surface area contributed by atoms with Crippen molar-refractivity contribution >= 4 is 29.0 Å². The summed E-state index contributed by atoms with van der Waals surface area (Å²) in [5.41, 5.74) is 2.30. The molecule has 138 valence electrons. The van der Waals surface area contributed by atoms with Crippen LogP contribution in [0.2, 0.25) is 0 Å². The molecular weight excluding hydrogens is 344 g/mol. The largest absolute Gasteiger partial charge is 0.481 e. The van der Waals surface area contributed by atoms with Crippen molar-refractivity contribution in [3.05, 3.63) is 59.7 Å². The highest BCUT2D eigenvalue weighted by molar-refractivity contribution is 5.99. The van der Waals surface area contributed by atoms with Crippen LogP contribution in [-0.4, -0.2) is 28.5 Å². The lowest BCUT2D eigenvalue weighted by atomic mass is 9.80. The molecule has 1 aliphatic rings. The maximum atomic E-state index is 13.5. The molecule has 1 amide bonds. The quantitative estimate of drug-likeness (QED) is 0.750. The molecule has 6 nitrogen and oxygen atoms in total. The van der Waals surface area contributed by atoms with Crippen LogP contribution in [-0.2, 0) is 22.4 Å². The third-order valence-corrected chi connectivity index (χ3v) is 5.19. The summed E-state index contributed by atoms with van der Waals surface area (Å²) in [6, 6.07) is 15.3. The van der Waals surface area contributed by atoms with E-state index in [1.165, 1.54) is 4.90 Å². The van der Waals surface area contributed by atoms with Gasteiger partial charge in [0, 0.05) is 6.54 Å². The van der Waals surface area contributed by atoms with Crippen molar-refractivity contribution in [2.45, 2.75) is 26.2 Å². The Kier molecular flexibility index (Phi) is 4.18. The van der Waals surface area contributed by atoms with Gasteiger partial charge in [0.15, 0.2) is 5.58 Å². The molecule has 0 radical (unpaired) electrons. The zero-order chi connectivity index (χ0) is 19.0. The van der Waals surface area contributed by atoms with Gasteiger partial charge in [-0.1, -0.05) is 36.4 Å². The molecule has 2 aromatic carbocycles. The average Bonchev–Trinajstić information content (AvgIpc) is 3.22. The predicted octanol–water partition coefficient (Wildman–Crippen LogP) is 3.44. The van der Waals surface area contributed by atoms with Gasteiger partial charge < -0.3 is 9.52 Å². The third-order valence-electron chi connectivity index (χ3n) is 5.19. The molecule has 1 aromatic heterocycles. The van der Waals surface area contributed by atoms with E-state index in [1.54, 1.807) is 6.07 Å². The fourth-order valence-corrected chi connectivity index (χ4v) is 3.96. The molecule has 27 heavy (non-hydrogen) atoms. The highest BCUT2D eigenvalue weighted by Crippen LogP contribution is 2.42. The smallest absolute Gasteiger partial charge is 0.305 e. The molecule has 0 spiro atoms. The lowest BCUT2D eigenvalue weighted by Crippen LogP contribution is -2.46. The van der Waals surface area contributed by atoms with E-state index in [1.807, 2.05) is 49.4 Å². The first kappa shape index (κ1) is 17.3. The van der Waals surface area contributed by atoms with E-state index in [-0.39, 0.29) is 18.3 Å². The van der Waals surface area contributed by atoms with Gasteiger partial charge in [0.1, 0.15) is 5.52 Å². The summed E-state index contributed by atoms with van der Waals surface area (Å²) in [6.45, 7) is 2.19. The topological polar surface area (TPSA) is 83.6 Å². The molecule has 6 heteroatoms. The van der Waals surface area contributed by atoms with Crippen molar-refractivity contribution in [3.63, 3.8) is 0 Å². The predicted molar refractivity (Wildman–Crippen MR) is 101 cm³/mol. The number of rotatable bonds is 5. The van der Waals surface area contributed by atoms with Crippen LogP contribution in [0, 0.1) is 5.41 Å². The SMILES string of the molecule is CCN(C(=O)C1(CC(=O)O)Cc2ccccc2C1)c1nc2ccccc2o1. The number of benzene rings is 2. The van der Waals surface area contributed by atoms with Crippen LogP contribution in [0.4, 0.5) is 6.01 Å². The number of fused-ring (bicyclic) bond motifs is 2. The van der Waals surface area contributed by atoms with Crippen LogP contribution in [0.3, 0.4) is 0 Å². The number of hydrogen-bond donors (Lipinski definition) is 1. The Hall–Kier alpha value is -3.15. The maximum Gasteiger partial charge on any atom is 0.305 e. The van der Waals surface area contributed by atoms with Crippen molar-refractivity contribution in [2.24, 2.45) is 5.41 Å². The first-order chi connectivity index (χ1) is 13.0. The zero-order valence-electron chi connectivity index (χ0n) is 15.0. The van der Waals surface area contributed by atoms with Gasteiger partial charge in [-0.3, -0.25) is 14.5 Å². The lowest BCUT2D eigenvalue weighted by molar-refractivity contribution is -0.144. The molecule has 1 aliphatic carbocycles. The Morgan fingerprint density at radius 3 is 2.33 bits per heavy atom. The number of carbonyl (C=O) groups is 2. The van der Waals surface area contributed by atoms with E-state index in [4.69, 9.17) is 4.42 Å². The number of carbonyl (C=O) groups excluding carboxylic acids is 1. The number of aliphatic carboxylic acids is 1. The van der Waals surface area contributed by atoms with Crippen molar-refractivity contribution in [3.8, 4) is 0 Å². The van der Waals surface area contributed by atoms with Crippen LogP contribution >= 0.6 is 0 Å². The van der Waals surface area contributed by atoms with Crippen LogP contribution < -0.4 is 4.90 Å². The minimum atomic E-state index is -1.02. The minimum Gasteiger partial charge on any atom is -0.481 e. The molecule has 0 unspecified atom stereocenters. The number of carboxylic acids is 1. The Bertz CT molecular complexity index is 966. The van der Waals surface area contributed by atoms with Crippen LogP contribution in [0.5, 0.6) is 0 Å². The Morgan fingerprint density at radius 1 is 1.11 bits per heavy atom. The normalized spacial score (nSPS) is 14.9. The number of oxazole rings is 1. The Balaban J connectivity index is 1.73. The molecular formula is C21H20N2O4. The molecule has 1 N–H and O–H groups in total. The van der Waals surface area contributed by atoms with Crippen molar-refractivity contribution in [2.75, 3.05) is 11.4 Å². The zero-order valence-corrected chi connectivity index (χ0v) is 15.0. The van der Waals surface area contributed by atoms with E-state index in [0.29, 0.717) is 30.5 Å². The van der Waals surface area contributed by atoms with E-state index in [0.717, 1.165) is 11.1 Å². The summed E-state index contributed by atoms with van der Waals surface area (Å²) in [5.74, 6) is -1.24. The van der Waals surface area contributed by atoms with Gasteiger partial charge in [-0.2, -0.15) is 4.98 Å². The second-order valence-corrected chi connectivity index (χ2v) is 6.99. The summed E-state index contributed by atoms with van der Waals surface area (Å²) < 4.78 is 5.78. The summed E-state index contributed by atoms with van der Waals surface area (Å²) in [4.78, 5) is 31.0. The molecule has 0 bridgehead atoms. The molecule has 0 saturated carbocycles. The molecule has 0 aliphatic heterocycles. The van der Waals surface area contributed by atoms with Gasteiger partial charge in [0.2, 0.25) is 5.91 Å². The lowest BCUT2D eigenvalue weighted by Gasteiger charge is -2.30. The first-order valence-corrected chi connectivity index (χ1v) is 8.98. The van der Waals surface area contributed by atoms with Gasteiger partial charge in [0.25, 0.3) is 0 Å². The molecule has 0 fully saturated rings. The number of para-hydroxylation sites is 2. The highest BCUT2D eigenvalue weighted by atomic mass is 16.4. The van der Waals surface area contributed by atoms with Crippen molar-refractivity contribution in [1.29, 1.82) is 0 Å². The van der Waals surface area contributed by atoms with Gasteiger partial charge in [0.05, 0.1) is 11.8 Å². The summed E-state index contributed by atoms with van der Waals surface area (Å²) in [5, 5.41) is 9.50. The van der Waals surface area contributed by atoms with Gasteiger partial charge in [-0.25, -0.2) is 0 Å². The second kappa shape index (κ2) is 6.54. The fourth-order valence-electron chi connectivity index (χ4n) is 3.96. The number of carboxylic acid groups (broad SMARTS) is 1. The average molecular weight is 364 g/mol. The van der Waals surface area contributed by atoms with Gasteiger partial charge in [-0.15, -0.1) is 0 Å². The minimum absolute atomic E-state index is 0.212. The summed E-state index contributed by atoms with van der Waals surface area (Å²) in [6.07, 6.45) is 0.591. The number of amides is 1. The standard InChI is InChI=1S/C21H20N2O4/c1-2-23(20-22-16-9-5-6-10-17(16)27-20)19(26)21(13-18(24)25)11-14-7-3-4-8-15(14)12-21/h3-10H,2,11-13H2,1H3,(H,24,25). The molecule has 4 rings (SSSR count). The maximum absolute atomic E-state index is 13.5. The molecule has 0 saturated heterocycles. The van der Waals surface area contributed by atoms with Crippen LogP contribution in [0.15, 0.2) is 52.9 Å². The number of hydrogen-bond acceptors (Lipinski definition) is 4. The van der Waals surface area contributed by atoms with Crippen molar-refractivity contribution < 1.29 is 19.1 Å². The van der Waals surface area contributed by atoms with Gasteiger partial charge in [-0.05, 0) is 43.0 Å². The van der Waals surface area contributed by atoms with E-state index >= 15 is 0 Å². The summed E-state index contributed by atoms with van der Waals surface area (Å²) >= 11 is 0. The molecule has 3 aromatic rings. The monoisotopic (exact) mass is 364 g/mol. The summed E-state index contributed by atoms with van der Waals surface area (Å²) in [7, 11) is 0. The van der Waals surface area contributed by atoms with E-state index < -0.39 is 11.4 Å². The molecule has 1 heterocycles. The van der Waals surface area contributed by atoms with E-state index in [2.05, 4.69) is 4.98 Å². The van der Waals surface area contributed by atoms with E-state index in [9.17, 15) is 14.7 Å². The number of anilines is 1. The fraction of sp³-hybridized carbons (Fsp3) is 0.286. The number of aromatic nitrogens is 1. The first-order valence-electron chi connectivity index (χ1n) is 8.98. The number of nitrogens with zero attached hydrogens (tertiary/aromatic N) is 2. The third kappa shape index (κ3) is 2.97.